The Morgan fingerprint density at radius 3 is 2.79 bits per heavy atom. The normalized spacial score (nSPS) is 28.1. The van der Waals surface area contributed by atoms with Crippen molar-refractivity contribution in [2.45, 2.75) is 38.1 Å². The van der Waals surface area contributed by atoms with Crippen molar-refractivity contribution in [3.05, 3.63) is 0 Å². The topological polar surface area (TPSA) is 75.4 Å². The van der Waals surface area contributed by atoms with E-state index in [1.54, 1.807) is 0 Å². The molecule has 1 amide bonds. The third-order valence-corrected chi connectivity index (χ3v) is 2.82. The molecule has 0 aromatic heterocycles. The van der Waals surface area contributed by atoms with Crippen molar-refractivity contribution in [1.29, 1.82) is 0 Å². The summed E-state index contributed by atoms with van der Waals surface area (Å²) < 4.78 is 0. The Balaban J connectivity index is 2.41. The first-order valence-electron chi connectivity index (χ1n) is 5.40. The summed E-state index contributed by atoms with van der Waals surface area (Å²) in [6.45, 7) is 0.329. The van der Waals surface area contributed by atoms with Crippen LogP contribution in [0.4, 0.5) is 0 Å². The molecule has 2 unspecified atom stereocenters. The molecule has 4 heteroatoms. The molecule has 0 saturated heterocycles. The summed E-state index contributed by atoms with van der Waals surface area (Å²) in [7, 11) is 0. The van der Waals surface area contributed by atoms with E-state index in [1.165, 1.54) is 6.42 Å². The van der Waals surface area contributed by atoms with Gasteiger partial charge in [-0.3, -0.25) is 4.79 Å². The molecule has 0 heterocycles. The predicted octanol–water partition coefficient (Wildman–Crippen LogP) is 0.00250. The van der Waals surface area contributed by atoms with E-state index in [0.717, 1.165) is 25.7 Å². The Hall–Kier alpha value is -0.610. The highest BCUT2D eigenvalue weighted by Gasteiger charge is 2.26. The van der Waals surface area contributed by atoms with E-state index >= 15 is 0 Å². The van der Waals surface area contributed by atoms with Crippen LogP contribution in [0.5, 0.6) is 0 Å². The van der Waals surface area contributed by atoms with Gasteiger partial charge in [-0.1, -0.05) is 19.3 Å². The molecule has 1 rings (SSSR count). The van der Waals surface area contributed by atoms with Gasteiger partial charge in [0.15, 0.2) is 0 Å². The van der Waals surface area contributed by atoms with Crippen LogP contribution >= 0.6 is 0 Å². The summed E-state index contributed by atoms with van der Waals surface area (Å²) in [4.78, 5) is 11.6. The Bertz CT molecular complexity index is 185. The molecule has 4 N–H and O–H groups in total. The van der Waals surface area contributed by atoms with Crippen LogP contribution in [0.3, 0.4) is 0 Å². The molecule has 0 spiro atoms. The van der Waals surface area contributed by atoms with E-state index in [9.17, 15) is 4.79 Å². The van der Waals surface area contributed by atoms with E-state index in [1.807, 2.05) is 0 Å². The van der Waals surface area contributed by atoms with E-state index in [4.69, 9.17) is 10.8 Å². The van der Waals surface area contributed by atoms with Gasteiger partial charge in [-0.2, -0.15) is 0 Å². The molecule has 1 aliphatic carbocycles. The molecule has 0 aliphatic heterocycles. The fourth-order valence-corrected chi connectivity index (χ4v) is 1.97. The van der Waals surface area contributed by atoms with Crippen LogP contribution in [-0.2, 0) is 4.79 Å². The van der Waals surface area contributed by atoms with Gasteiger partial charge in [0.05, 0.1) is 12.5 Å². The van der Waals surface area contributed by atoms with Gasteiger partial charge >= 0.3 is 0 Å². The highest BCUT2D eigenvalue weighted by Crippen LogP contribution is 2.22. The van der Waals surface area contributed by atoms with Gasteiger partial charge in [-0.15, -0.1) is 0 Å². The van der Waals surface area contributed by atoms with Crippen LogP contribution in [0.2, 0.25) is 0 Å². The quantitative estimate of drug-likeness (QED) is 0.561. The molecule has 1 fully saturated rings. The molecular weight excluding hydrogens is 180 g/mol. The largest absolute Gasteiger partial charge is 0.395 e. The first kappa shape index (κ1) is 11.5. The van der Waals surface area contributed by atoms with Crippen molar-refractivity contribution in [2.75, 3.05) is 13.2 Å². The van der Waals surface area contributed by atoms with Gasteiger partial charge in [-0.05, 0) is 12.8 Å². The maximum absolute atomic E-state index is 11.6. The van der Waals surface area contributed by atoms with Gasteiger partial charge in [0.1, 0.15) is 0 Å². The molecule has 4 nitrogen and oxygen atoms in total. The number of aliphatic hydroxyl groups is 1. The summed E-state index contributed by atoms with van der Waals surface area (Å²) in [5.74, 6) is -0.0440. The van der Waals surface area contributed by atoms with Crippen molar-refractivity contribution >= 4 is 5.91 Å². The molecule has 2 atom stereocenters. The van der Waals surface area contributed by atoms with Gasteiger partial charge < -0.3 is 16.2 Å². The summed E-state index contributed by atoms with van der Waals surface area (Å²) in [5.41, 5.74) is 5.93. The van der Waals surface area contributed by atoms with E-state index in [0.29, 0.717) is 6.54 Å². The van der Waals surface area contributed by atoms with E-state index in [2.05, 4.69) is 5.32 Å². The monoisotopic (exact) mass is 200 g/mol. The average Bonchev–Trinajstić information content (AvgIpc) is 2.39. The molecule has 1 aliphatic rings. The highest BCUT2D eigenvalue weighted by atomic mass is 16.3. The van der Waals surface area contributed by atoms with Crippen molar-refractivity contribution in [3.63, 3.8) is 0 Å². The fourth-order valence-electron chi connectivity index (χ4n) is 1.97. The average molecular weight is 200 g/mol. The molecule has 0 bridgehead atoms. The summed E-state index contributed by atoms with van der Waals surface area (Å²) in [6, 6.07) is -0.00353. The number of nitrogens with two attached hydrogens (primary N) is 1. The van der Waals surface area contributed by atoms with Crippen LogP contribution in [0.15, 0.2) is 0 Å². The number of carbonyl (C=O) groups is 1. The second-order valence-corrected chi connectivity index (χ2v) is 3.92. The molecule has 82 valence electrons. The lowest BCUT2D eigenvalue weighted by molar-refractivity contribution is -0.125. The zero-order valence-corrected chi connectivity index (χ0v) is 8.54. The molecule has 1 saturated carbocycles. The Morgan fingerprint density at radius 1 is 1.36 bits per heavy atom. The Labute approximate surface area is 84.9 Å². The number of amides is 1. The smallest absolute Gasteiger partial charge is 0.224 e. The fraction of sp³-hybridized carbons (Fsp3) is 0.900. The van der Waals surface area contributed by atoms with E-state index < -0.39 is 0 Å². The minimum atomic E-state index is -0.0518. The second-order valence-electron chi connectivity index (χ2n) is 3.92. The zero-order chi connectivity index (χ0) is 10.4. The summed E-state index contributed by atoms with van der Waals surface area (Å²) >= 11 is 0. The Morgan fingerprint density at radius 2 is 2.07 bits per heavy atom. The van der Waals surface area contributed by atoms with Crippen LogP contribution < -0.4 is 11.1 Å². The minimum Gasteiger partial charge on any atom is -0.395 e. The SMILES string of the molecule is NC1CCCCCC1C(=O)NCCO. The van der Waals surface area contributed by atoms with E-state index in [-0.39, 0.29) is 24.5 Å². The third kappa shape index (κ3) is 3.27. The zero-order valence-electron chi connectivity index (χ0n) is 8.54. The number of hydrogen-bond donors (Lipinski definition) is 3. The third-order valence-electron chi connectivity index (χ3n) is 2.82. The summed E-state index contributed by atoms with van der Waals surface area (Å²) in [6.07, 6.45) is 5.23. The molecule has 0 radical (unpaired) electrons. The van der Waals surface area contributed by atoms with Crippen LogP contribution in [0.25, 0.3) is 0 Å². The lowest BCUT2D eigenvalue weighted by Gasteiger charge is -2.20. The maximum Gasteiger partial charge on any atom is 0.224 e. The van der Waals surface area contributed by atoms with Crippen molar-refractivity contribution in [2.24, 2.45) is 11.7 Å². The lowest BCUT2D eigenvalue weighted by Crippen LogP contribution is -2.42. The molecule has 0 aromatic carbocycles. The lowest BCUT2D eigenvalue weighted by atomic mass is 9.95. The first-order valence-corrected chi connectivity index (χ1v) is 5.40. The minimum absolute atomic E-state index is 0.00353. The second kappa shape index (κ2) is 5.98. The number of nitrogens with one attached hydrogen (secondary N) is 1. The molecule has 0 aromatic rings. The van der Waals surface area contributed by atoms with Gasteiger partial charge in [0, 0.05) is 12.6 Å². The number of rotatable bonds is 3. The molecule has 14 heavy (non-hydrogen) atoms. The number of hydrogen-bond acceptors (Lipinski definition) is 3. The highest BCUT2D eigenvalue weighted by molar-refractivity contribution is 5.79. The number of aliphatic hydroxyl groups excluding tert-OH is 1. The van der Waals surface area contributed by atoms with Crippen molar-refractivity contribution in [1.82, 2.24) is 5.32 Å². The van der Waals surface area contributed by atoms with Gasteiger partial charge in [0.2, 0.25) is 5.91 Å². The Kier molecular flexibility index (Phi) is 4.90. The summed E-state index contributed by atoms with van der Waals surface area (Å²) in [5, 5.41) is 11.3. The van der Waals surface area contributed by atoms with Gasteiger partial charge in [0.25, 0.3) is 0 Å². The first-order chi connectivity index (χ1) is 6.75. The van der Waals surface area contributed by atoms with Gasteiger partial charge in [-0.25, -0.2) is 0 Å². The number of carbonyl (C=O) groups excluding carboxylic acids is 1. The standard InChI is InChI=1S/C10H20N2O2/c11-9-5-3-1-2-4-8(9)10(14)12-6-7-13/h8-9,13H,1-7,11H2,(H,12,14). The van der Waals surface area contributed by atoms with Crippen LogP contribution in [0.1, 0.15) is 32.1 Å². The van der Waals surface area contributed by atoms with Crippen LogP contribution in [0, 0.1) is 5.92 Å². The van der Waals surface area contributed by atoms with Crippen molar-refractivity contribution < 1.29 is 9.90 Å². The van der Waals surface area contributed by atoms with Crippen molar-refractivity contribution in [3.8, 4) is 0 Å². The molecular formula is C10H20N2O2. The van der Waals surface area contributed by atoms with Crippen LogP contribution in [-0.4, -0.2) is 30.2 Å². The maximum atomic E-state index is 11.6. The predicted molar refractivity (Wildman–Crippen MR) is 54.6 cm³/mol.